The number of hydrogen-bond acceptors (Lipinski definition) is 3. The molecule has 5 nitrogen and oxygen atoms in total. The van der Waals surface area contributed by atoms with Crippen LogP contribution in [0.2, 0.25) is 0 Å². The van der Waals surface area contributed by atoms with Gasteiger partial charge < -0.3 is 10.2 Å². The van der Waals surface area contributed by atoms with Crippen LogP contribution in [0.3, 0.4) is 0 Å². The maximum Gasteiger partial charge on any atom is 0.238 e. The van der Waals surface area contributed by atoms with Gasteiger partial charge in [0.15, 0.2) is 0 Å². The van der Waals surface area contributed by atoms with Gasteiger partial charge in [0, 0.05) is 29.2 Å². The van der Waals surface area contributed by atoms with Gasteiger partial charge in [0.25, 0.3) is 0 Å². The molecule has 2 fully saturated rings. The molecule has 1 aromatic rings. The van der Waals surface area contributed by atoms with E-state index < -0.39 is 0 Å². The first-order chi connectivity index (χ1) is 11.6. The zero-order chi connectivity index (χ0) is 16.9. The van der Waals surface area contributed by atoms with Gasteiger partial charge in [-0.15, -0.1) is 0 Å². The van der Waals surface area contributed by atoms with E-state index in [4.69, 9.17) is 0 Å². The molecule has 0 bridgehead atoms. The van der Waals surface area contributed by atoms with E-state index in [1.54, 1.807) is 0 Å². The van der Waals surface area contributed by atoms with Crippen molar-refractivity contribution in [1.29, 1.82) is 0 Å². The predicted octanol–water partition coefficient (Wildman–Crippen LogP) is 2.72. The lowest BCUT2D eigenvalue weighted by Crippen LogP contribution is -2.43. The Morgan fingerprint density at radius 2 is 1.67 bits per heavy atom. The number of carbonyl (C=O) groups is 2. The number of likely N-dealkylation sites (tertiary alicyclic amines) is 2. The summed E-state index contributed by atoms with van der Waals surface area (Å²) in [6, 6.07) is 7.57. The van der Waals surface area contributed by atoms with Gasteiger partial charge in [0.05, 0.1) is 6.54 Å². The Bertz CT molecular complexity index is 576. The predicted molar refractivity (Wildman–Crippen MR) is 97.7 cm³/mol. The van der Waals surface area contributed by atoms with E-state index in [-0.39, 0.29) is 11.8 Å². The minimum atomic E-state index is 0.00152. The third-order valence-electron chi connectivity index (χ3n) is 4.85. The van der Waals surface area contributed by atoms with E-state index in [2.05, 4.69) is 26.1 Å². The summed E-state index contributed by atoms with van der Waals surface area (Å²) in [4.78, 5) is 28.7. The largest absolute Gasteiger partial charge is 0.342 e. The smallest absolute Gasteiger partial charge is 0.238 e. The van der Waals surface area contributed by atoms with Crippen LogP contribution in [-0.2, 0) is 9.59 Å². The molecule has 130 valence electrons. The SMILES string of the molecule is O=C(CN1CCC(C(=O)N2CCCC2)CC1)Nc1ccc(Br)cc1. The maximum absolute atomic E-state index is 12.4. The van der Waals surface area contributed by atoms with E-state index >= 15 is 0 Å². The summed E-state index contributed by atoms with van der Waals surface area (Å²) >= 11 is 3.38. The number of nitrogens with one attached hydrogen (secondary N) is 1. The van der Waals surface area contributed by atoms with Gasteiger partial charge in [0.2, 0.25) is 11.8 Å². The first-order valence-electron chi connectivity index (χ1n) is 8.68. The Balaban J connectivity index is 1.42. The van der Waals surface area contributed by atoms with Crippen molar-refractivity contribution in [3.63, 3.8) is 0 Å². The van der Waals surface area contributed by atoms with Crippen LogP contribution in [0, 0.1) is 5.92 Å². The molecule has 0 aliphatic carbocycles. The fourth-order valence-electron chi connectivity index (χ4n) is 3.47. The normalized spacial score (nSPS) is 19.5. The summed E-state index contributed by atoms with van der Waals surface area (Å²) in [6.07, 6.45) is 4.00. The van der Waals surface area contributed by atoms with Gasteiger partial charge in [-0.05, 0) is 63.0 Å². The second-order valence-corrected chi connectivity index (χ2v) is 7.55. The summed E-state index contributed by atoms with van der Waals surface area (Å²) in [5, 5.41) is 2.92. The zero-order valence-electron chi connectivity index (χ0n) is 13.8. The van der Waals surface area contributed by atoms with Crippen LogP contribution in [0.25, 0.3) is 0 Å². The quantitative estimate of drug-likeness (QED) is 0.855. The number of carbonyl (C=O) groups excluding carboxylic acids is 2. The molecule has 0 spiro atoms. The monoisotopic (exact) mass is 393 g/mol. The molecule has 2 amide bonds. The Morgan fingerprint density at radius 1 is 1.04 bits per heavy atom. The Hall–Kier alpha value is -1.40. The van der Waals surface area contributed by atoms with Gasteiger partial charge in [-0.25, -0.2) is 0 Å². The van der Waals surface area contributed by atoms with Crippen LogP contribution in [0.15, 0.2) is 28.7 Å². The van der Waals surface area contributed by atoms with E-state index in [0.29, 0.717) is 12.5 Å². The molecular weight excluding hydrogens is 370 g/mol. The van der Waals surface area contributed by atoms with Crippen LogP contribution in [0.4, 0.5) is 5.69 Å². The molecule has 2 saturated heterocycles. The lowest BCUT2D eigenvalue weighted by Gasteiger charge is -2.32. The van der Waals surface area contributed by atoms with Crippen molar-refractivity contribution in [3.8, 4) is 0 Å². The number of hydrogen-bond donors (Lipinski definition) is 1. The maximum atomic E-state index is 12.4. The lowest BCUT2D eigenvalue weighted by molar-refractivity contribution is -0.136. The Morgan fingerprint density at radius 3 is 2.29 bits per heavy atom. The Labute approximate surface area is 151 Å². The molecule has 0 atom stereocenters. The number of nitrogens with zero attached hydrogens (tertiary/aromatic N) is 2. The van der Waals surface area contributed by atoms with Crippen molar-refractivity contribution in [1.82, 2.24) is 9.80 Å². The van der Waals surface area contributed by atoms with Crippen molar-refractivity contribution in [2.24, 2.45) is 5.92 Å². The van der Waals surface area contributed by atoms with E-state index in [1.165, 1.54) is 0 Å². The molecule has 0 radical (unpaired) electrons. The summed E-state index contributed by atoms with van der Waals surface area (Å²) in [5.74, 6) is 0.474. The topological polar surface area (TPSA) is 52.7 Å². The average molecular weight is 394 g/mol. The first-order valence-corrected chi connectivity index (χ1v) is 9.48. The van der Waals surface area contributed by atoms with Crippen molar-refractivity contribution in [2.75, 3.05) is 38.0 Å². The number of benzene rings is 1. The third-order valence-corrected chi connectivity index (χ3v) is 5.38. The molecular formula is C18H24BrN3O2. The van der Waals surface area contributed by atoms with E-state index in [0.717, 1.165) is 62.0 Å². The summed E-state index contributed by atoms with van der Waals surface area (Å²) in [7, 11) is 0. The molecule has 2 aliphatic rings. The van der Waals surface area contributed by atoms with Gasteiger partial charge in [-0.3, -0.25) is 14.5 Å². The van der Waals surface area contributed by atoms with Crippen LogP contribution in [0.5, 0.6) is 0 Å². The standard InChI is InChI=1S/C18H24BrN3O2/c19-15-3-5-16(6-4-15)20-17(23)13-21-11-7-14(8-12-21)18(24)22-9-1-2-10-22/h3-6,14H,1-2,7-13H2,(H,20,23). The number of rotatable bonds is 4. The lowest BCUT2D eigenvalue weighted by atomic mass is 9.95. The number of halogens is 1. The minimum absolute atomic E-state index is 0.00152. The van der Waals surface area contributed by atoms with Crippen molar-refractivity contribution >= 4 is 33.4 Å². The van der Waals surface area contributed by atoms with Gasteiger partial charge >= 0.3 is 0 Å². The Kier molecular flexibility index (Phi) is 5.89. The average Bonchev–Trinajstić information content (AvgIpc) is 3.11. The van der Waals surface area contributed by atoms with Gasteiger partial charge in [-0.2, -0.15) is 0 Å². The fraction of sp³-hybridized carbons (Fsp3) is 0.556. The molecule has 6 heteroatoms. The molecule has 1 N–H and O–H groups in total. The summed E-state index contributed by atoms with van der Waals surface area (Å²) in [6.45, 7) is 3.87. The highest BCUT2D eigenvalue weighted by Crippen LogP contribution is 2.22. The highest BCUT2D eigenvalue weighted by molar-refractivity contribution is 9.10. The molecule has 0 aromatic heterocycles. The summed E-state index contributed by atoms with van der Waals surface area (Å²) in [5.41, 5.74) is 0.808. The molecule has 2 heterocycles. The van der Waals surface area contributed by atoms with Crippen LogP contribution >= 0.6 is 15.9 Å². The molecule has 0 saturated carbocycles. The van der Waals surface area contributed by atoms with Gasteiger partial charge in [0.1, 0.15) is 0 Å². The van der Waals surface area contributed by atoms with Gasteiger partial charge in [-0.1, -0.05) is 15.9 Å². The van der Waals surface area contributed by atoms with Crippen LogP contribution in [0.1, 0.15) is 25.7 Å². The van der Waals surface area contributed by atoms with E-state index in [1.807, 2.05) is 29.2 Å². The van der Waals surface area contributed by atoms with E-state index in [9.17, 15) is 9.59 Å². The highest BCUT2D eigenvalue weighted by atomic mass is 79.9. The first kappa shape index (κ1) is 17.4. The zero-order valence-corrected chi connectivity index (χ0v) is 15.4. The van der Waals surface area contributed by atoms with Crippen molar-refractivity contribution < 1.29 is 9.59 Å². The molecule has 0 unspecified atom stereocenters. The number of piperidine rings is 1. The fourth-order valence-corrected chi connectivity index (χ4v) is 3.73. The second-order valence-electron chi connectivity index (χ2n) is 6.64. The molecule has 1 aromatic carbocycles. The molecule has 3 rings (SSSR count). The number of amides is 2. The van der Waals surface area contributed by atoms with Crippen molar-refractivity contribution in [2.45, 2.75) is 25.7 Å². The second kappa shape index (κ2) is 8.12. The molecule has 2 aliphatic heterocycles. The van der Waals surface area contributed by atoms with Crippen molar-refractivity contribution in [3.05, 3.63) is 28.7 Å². The van der Waals surface area contributed by atoms with Crippen LogP contribution < -0.4 is 5.32 Å². The third kappa shape index (κ3) is 4.57. The highest BCUT2D eigenvalue weighted by Gasteiger charge is 2.30. The minimum Gasteiger partial charge on any atom is -0.342 e. The number of anilines is 1. The summed E-state index contributed by atoms with van der Waals surface area (Å²) < 4.78 is 0.991. The van der Waals surface area contributed by atoms with Crippen LogP contribution in [-0.4, -0.2) is 54.3 Å². The molecule has 24 heavy (non-hydrogen) atoms.